The van der Waals surface area contributed by atoms with E-state index >= 15 is 0 Å². The van der Waals surface area contributed by atoms with Gasteiger partial charge in [-0.3, -0.25) is 28.5 Å². The highest BCUT2D eigenvalue weighted by atomic mass is 79.9. The van der Waals surface area contributed by atoms with Gasteiger partial charge in [-0.1, -0.05) is 6.07 Å². The zero-order chi connectivity index (χ0) is 35.5. The highest BCUT2D eigenvalue weighted by Gasteiger charge is 2.29. The Morgan fingerprint density at radius 3 is 1.94 bits per heavy atom. The minimum Gasteiger partial charge on any atom is -0.507 e. The average molecular weight is 725 g/mol. The second-order valence-corrected chi connectivity index (χ2v) is 16.8. The van der Waals surface area contributed by atoms with Crippen LogP contribution < -0.4 is 22.0 Å². The molecule has 5 rings (SSSR count). The van der Waals surface area contributed by atoms with Crippen molar-refractivity contribution in [3.63, 3.8) is 0 Å². The van der Waals surface area contributed by atoms with E-state index < -0.39 is 16.7 Å². The van der Waals surface area contributed by atoms with E-state index in [1.165, 1.54) is 9.13 Å². The van der Waals surface area contributed by atoms with Crippen LogP contribution in [-0.4, -0.2) is 116 Å². The Morgan fingerprint density at radius 1 is 0.729 bits per heavy atom. The lowest BCUT2D eigenvalue weighted by molar-refractivity contribution is -0.884. The van der Waals surface area contributed by atoms with Crippen molar-refractivity contribution in [1.82, 2.24) is 9.13 Å². The average Bonchev–Trinajstić information content (AvgIpc) is 2.94. The minimum absolute atomic E-state index is 0.211. The molecule has 0 spiro atoms. The van der Waals surface area contributed by atoms with Crippen molar-refractivity contribution in [2.75, 3.05) is 83.1 Å². The van der Waals surface area contributed by atoms with Crippen molar-refractivity contribution < 1.29 is 23.7 Å². The van der Waals surface area contributed by atoms with Gasteiger partial charge in [-0.25, -0.2) is 0 Å². The van der Waals surface area contributed by atoms with Crippen LogP contribution in [0.4, 0.5) is 0 Å². The molecule has 0 saturated heterocycles. The second kappa shape index (κ2) is 12.6. The van der Waals surface area contributed by atoms with Crippen molar-refractivity contribution in [2.24, 2.45) is 4.99 Å². The van der Waals surface area contributed by atoms with Gasteiger partial charge in [0, 0.05) is 32.9 Å². The summed E-state index contributed by atoms with van der Waals surface area (Å²) >= 11 is 3.58. The molecule has 0 radical (unpaired) electrons. The molecule has 2 aromatic carbocycles. The summed E-state index contributed by atoms with van der Waals surface area (Å²) in [6.07, 6.45) is 0.536. The predicted octanol–water partition coefficient (Wildman–Crippen LogP) is 2.59. The van der Waals surface area contributed by atoms with Gasteiger partial charge in [0.25, 0.3) is 16.7 Å². The van der Waals surface area contributed by atoms with E-state index in [4.69, 9.17) is 4.99 Å². The Morgan fingerprint density at radius 2 is 1.33 bits per heavy atom. The maximum Gasteiger partial charge on any atom is 0.263 e. The molecule has 2 N–H and O–H groups in total. The number of aromatic hydroxyl groups is 2. The lowest BCUT2D eigenvalue weighted by atomic mass is 9.90. The highest BCUT2D eigenvalue weighted by Crippen LogP contribution is 2.40. The van der Waals surface area contributed by atoms with Gasteiger partial charge < -0.3 is 23.7 Å². The number of hydrogen-bond acceptors (Lipinski definition) is 6. The standard InChI is InChI=1S/C36H46BrN6O5/c1-41(2,3)16-14-39-34(46)25-20-27(38-13-12-22-10-11-28(44)23(18-22)21-43(7,8)9)32-30-24(19-26(37)31(29(25)30)35(39)47)33(45)40(36(32)48)15-17-42(4,5)6/h10-11,18-20H,12-17,21H2,1-9H3/q+1/p+2. The Bertz CT molecular complexity index is 2220. The Labute approximate surface area is 288 Å². The third-order valence-corrected chi connectivity index (χ3v) is 9.31. The van der Waals surface area contributed by atoms with Crippen LogP contribution in [0.3, 0.4) is 0 Å². The molecule has 48 heavy (non-hydrogen) atoms. The summed E-state index contributed by atoms with van der Waals surface area (Å²) in [6.45, 7) is 2.57. The third kappa shape index (κ3) is 7.12. The molecule has 2 aliphatic rings. The van der Waals surface area contributed by atoms with Gasteiger partial charge in [-0.05, 0) is 52.2 Å². The topological polar surface area (TPSA) is 114 Å². The van der Waals surface area contributed by atoms with E-state index in [9.17, 15) is 24.6 Å². The van der Waals surface area contributed by atoms with E-state index in [1.807, 2.05) is 54.4 Å². The van der Waals surface area contributed by atoms with Gasteiger partial charge in [0.1, 0.15) is 12.3 Å². The maximum absolute atomic E-state index is 14.3. The molecule has 1 aliphatic heterocycles. The Balaban J connectivity index is 1.78. The number of aromatic nitrogens is 2. The van der Waals surface area contributed by atoms with Gasteiger partial charge in [0.15, 0.2) is 0 Å². The van der Waals surface area contributed by atoms with E-state index in [0.29, 0.717) is 77.6 Å². The van der Waals surface area contributed by atoms with Crippen LogP contribution in [0.25, 0.3) is 32.7 Å². The number of rotatable bonds is 11. The largest absolute Gasteiger partial charge is 0.507 e. The highest BCUT2D eigenvalue weighted by molar-refractivity contribution is 9.10. The smallest absolute Gasteiger partial charge is 0.263 e. The fraction of sp³-hybridized carbons (Fsp3) is 0.444. The quantitative estimate of drug-likeness (QED) is 0.161. The molecular formula is C36H48BrN6O5+3. The number of hydrogen-bond donors (Lipinski definition) is 2. The predicted molar refractivity (Wildman–Crippen MR) is 194 cm³/mol. The zero-order valence-electron chi connectivity index (χ0n) is 29.5. The normalized spacial score (nSPS) is 13.5. The molecule has 0 fully saturated rings. The Hall–Kier alpha value is -3.84. The first-order valence-corrected chi connectivity index (χ1v) is 16.9. The van der Waals surface area contributed by atoms with Crippen molar-refractivity contribution in [2.45, 2.75) is 26.1 Å². The first kappa shape index (κ1) is 35.5. The van der Waals surface area contributed by atoms with Crippen molar-refractivity contribution in [3.8, 4) is 22.8 Å². The molecule has 0 saturated carbocycles. The van der Waals surface area contributed by atoms with Crippen molar-refractivity contribution in [3.05, 3.63) is 82.4 Å². The lowest BCUT2D eigenvalue weighted by Gasteiger charge is -2.26. The van der Waals surface area contributed by atoms with Gasteiger partial charge in [0.2, 0.25) is 5.88 Å². The van der Waals surface area contributed by atoms with Crippen LogP contribution in [0.5, 0.6) is 11.6 Å². The number of nitrogens with zero attached hydrogens (tertiary/aromatic N) is 6. The van der Waals surface area contributed by atoms with Gasteiger partial charge >= 0.3 is 0 Å². The number of halogens is 1. The SMILES string of the molecule is C[N+](C)(C)CCn1c(O)c2cc(Br)c3c4c2c(c(=NCCc2ccc(O)c(C[N+](C)(C)C)c2)cc-4c(=O)n(CC[N+](C)(C)C)c3=O)c1=O. The molecular weight excluding hydrogens is 676 g/mol. The summed E-state index contributed by atoms with van der Waals surface area (Å²) in [4.78, 5) is 47.2. The summed E-state index contributed by atoms with van der Waals surface area (Å²) in [7, 11) is 18.2. The molecule has 256 valence electrons. The number of pyridine rings is 2. The molecule has 11 nitrogen and oxygen atoms in total. The first-order valence-electron chi connectivity index (χ1n) is 16.1. The monoisotopic (exact) mass is 723 g/mol. The summed E-state index contributed by atoms with van der Waals surface area (Å²) in [5, 5.41) is 23.7. The van der Waals surface area contributed by atoms with Gasteiger partial charge in [0.05, 0.1) is 111 Å². The number of benzene rings is 3. The van der Waals surface area contributed by atoms with Crippen molar-refractivity contribution in [1.29, 1.82) is 0 Å². The van der Waals surface area contributed by atoms with Gasteiger partial charge in [-0.2, -0.15) is 0 Å². The minimum atomic E-state index is -0.448. The summed E-state index contributed by atoms with van der Waals surface area (Å²) < 4.78 is 4.87. The number of phenolic OH excluding ortho intramolecular Hbond substituents is 1. The van der Waals surface area contributed by atoms with Crippen LogP contribution in [0.1, 0.15) is 11.1 Å². The fourth-order valence-electron chi connectivity index (χ4n) is 6.18. The molecule has 0 amide bonds. The van der Waals surface area contributed by atoms with E-state index in [0.717, 1.165) is 11.1 Å². The molecule has 0 bridgehead atoms. The third-order valence-electron chi connectivity index (χ3n) is 8.69. The van der Waals surface area contributed by atoms with Crippen LogP contribution in [-0.2, 0) is 26.1 Å². The number of quaternary nitrogens is 3. The molecule has 12 heteroatoms. The summed E-state index contributed by atoms with van der Waals surface area (Å²) in [6, 6.07) is 8.86. The summed E-state index contributed by atoms with van der Waals surface area (Å²) in [5.41, 5.74) is 1.15. The second-order valence-electron chi connectivity index (χ2n) is 16.0. The van der Waals surface area contributed by atoms with E-state index in [-0.39, 0.29) is 35.7 Å². The molecule has 1 aromatic heterocycles. The van der Waals surface area contributed by atoms with E-state index in [1.54, 1.807) is 18.2 Å². The fourth-order valence-corrected chi connectivity index (χ4v) is 6.78. The van der Waals surface area contributed by atoms with E-state index in [2.05, 4.69) is 37.1 Å². The molecule has 1 aliphatic carbocycles. The van der Waals surface area contributed by atoms with Crippen molar-refractivity contribution >= 4 is 37.5 Å². The van der Waals surface area contributed by atoms with Crippen LogP contribution >= 0.6 is 15.9 Å². The number of likely N-dealkylation sites (N-methyl/N-ethyl adjacent to an activating group) is 2. The molecule has 0 atom stereocenters. The lowest BCUT2D eigenvalue weighted by Crippen LogP contribution is -2.43. The van der Waals surface area contributed by atoms with Crippen LogP contribution in [0, 0.1) is 0 Å². The molecule has 0 unspecified atom stereocenters. The summed E-state index contributed by atoms with van der Waals surface area (Å²) in [5.74, 6) is 0.0346. The maximum atomic E-state index is 14.3. The number of phenols is 1. The first-order chi connectivity index (χ1) is 22.2. The zero-order valence-corrected chi connectivity index (χ0v) is 31.1. The Kier molecular flexibility index (Phi) is 9.28. The molecule has 3 aromatic rings. The van der Waals surface area contributed by atoms with Crippen LogP contribution in [0.2, 0.25) is 0 Å². The van der Waals surface area contributed by atoms with Gasteiger partial charge in [-0.15, -0.1) is 0 Å². The molecule has 2 heterocycles. The van der Waals surface area contributed by atoms with Crippen LogP contribution in [0.15, 0.2) is 54.2 Å².